The summed E-state index contributed by atoms with van der Waals surface area (Å²) >= 11 is 0. The van der Waals surface area contributed by atoms with Crippen LogP contribution in [0.3, 0.4) is 0 Å². The molecule has 0 unspecified atom stereocenters. The standard InChI is InChI=1S/C16H17FO2/c1-3-11-9-16(18)15(17)10-14(11)12-5-7-13(8-6-12)19-4-2/h5-10,18H,3-4H2,1-2H3. The van der Waals surface area contributed by atoms with Gasteiger partial charge in [0.25, 0.3) is 0 Å². The number of phenols is 1. The Bertz CT molecular complexity index is 562. The summed E-state index contributed by atoms with van der Waals surface area (Å²) in [6.07, 6.45) is 0.733. The predicted molar refractivity (Wildman–Crippen MR) is 74.0 cm³/mol. The van der Waals surface area contributed by atoms with E-state index in [1.807, 2.05) is 38.1 Å². The van der Waals surface area contributed by atoms with Crippen LogP contribution in [0.1, 0.15) is 19.4 Å². The maximum Gasteiger partial charge on any atom is 0.165 e. The topological polar surface area (TPSA) is 29.5 Å². The lowest BCUT2D eigenvalue weighted by molar-refractivity contribution is 0.340. The lowest BCUT2D eigenvalue weighted by Gasteiger charge is -2.10. The van der Waals surface area contributed by atoms with Crippen LogP contribution in [-0.2, 0) is 6.42 Å². The van der Waals surface area contributed by atoms with Crippen LogP contribution in [0.25, 0.3) is 11.1 Å². The van der Waals surface area contributed by atoms with Gasteiger partial charge in [0.05, 0.1) is 6.61 Å². The van der Waals surface area contributed by atoms with Gasteiger partial charge in [-0.15, -0.1) is 0 Å². The van der Waals surface area contributed by atoms with Crippen LogP contribution >= 0.6 is 0 Å². The molecule has 2 nitrogen and oxygen atoms in total. The summed E-state index contributed by atoms with van der Waals surface area (Å²) in [6.45, 7) is 4.52. The normalized spacial score (nSPS) is 10.5. The van der Waals surface area contributed by atoms with E-state index in [0.29, 0.717) is 6.61 Å². The number of aromatic hydroxyl groups is 1. The predicted octanol–water partition coefficient (Wildman–Crippen LogP) is 4.16. The monoisotopic (exact) mass is 260 g/mol. The first-order chi connectivity index (χ1) is 9.15. The fraction of sp³-hybridized carbons (Fsp3) is 0.250. The Morgan fingerprint density at radius 1 is 1.11 bits per heavy atom. The van der Waals surface area contributed by atoms with E-state index in [4.69, 9.17) is 4.74 Å². The van der Waals surface area contributed by atoms with Gasteiger partial charge in [0, 0.05) is 0 Å². The summed E-state index contributed by atoms with van der Waals surface area (Å²) in [5.41, 5.74) is 2.64. The van der Waals surface area contributed by atoms with E-state index < -0.39 is 5.82 Å². The molecule has 2 aromatic carbocycles. The van der Waals surface area contributed by atoms with Gasteiger partial charge in [0.15, 0.2) is 11.6 Å². The van der Waals surface area contributed by atoms with Gasteiger partial charge in [0.1, 0.15) is 5.75 Å². The zero-order valence-electron chi connectivity index (χ0n) is 11.1. The van der Waals surface area contributed by atoms with Crippen LogP contribution < -0.4 is 4.74 Å². The van der Waals surface area contributed by atoms with E-state index in [1.165, 1.54) is 12.1 Å². The number of hydrogen-bond acceptors (Lipinski definition) is 2. The smallest absolute Gasteiger partial charge is 0.165 e. The maximum absolute atomic E-state index is 13.5. The summed E-state index contributed by atoms with van der Waals surface area (Å²) in [5, 5.41) is 9.42. The molecule has 0 heterocycles. The van der Waals surface area contributed by atoms with Crippen LogP contribution in [0.15, 0.2) is 36.4 Å². The van der Waals surface area contributed by atoms with Crippen LogP contribution in [-0.4, -0.2) is 11.7 Å². The number of rotatable bonds is 4. The molecule has 0 bridgehead atoms. The molecule has 0 aliphatic carbocycles. The molecule has 0 spiro atoms. The molecule has 2 rings (SSSR count). The highest BCUT2D eigenvalue weighted by atomic mass is 19.1. The Morgan fingerprint density at radius 3 is 2.37 bits per heavy atom. The van der Waals surface area contributed by atoms with Crippen molar-refractivity contribution in [1.82, 2.24) is 0 Å². The van der Waals surface area contributed by atoms with Crippen molar-refractivity contribution >= 4 is 0 Å². The third-order valence-electron chi connectivity index (χ3n) is 3.03. The molecule has 2 aromatic rings. The van der Waals surface area contributed by atoms with E-state index in [9.17, 15) is 9.50 Å². The van der Waals surface area contributed by atoms with Crippen molar-refractivity contribution in [2.24, 2.45) is 0 Å². The highest BCUT2D eigenvalue weighted by Crippen LogP contribution is 2.30. The molecule has 3 heteroatoms. The maximum atomic E-state index is 13.5. The number of hydrogen-bond donors (Lipinski definition) is 1. The second kappa shape index (κ2) is 5.74. The minimum atomic E-state index is -0.596. The largest absolute Gasteiger partial charge is 0.505 e. The van der Waals surface area contributed by atoms with Gasteiger partial charge >= 0.3 is 0 Å². The summed E-state index contributed by atoms with van der Waals surface area (Å²) in [4.78, 5) is 0. The van der Waals surface area contributed by atoms with Crippen molar-refractivity contribution in [1.29, 1.82) is 0 Å². The molecule has 100 valence electrons. The Labute approximate surface area is 112 Å². The third kappa shape index (κ3) is 2.87. The minimum Gasteiger partial charge on any atom is -0.505 e. The van der Waals surface area contributed by atoms with Gasteiger partial charge in [-0.1, -0.05) is 19.1 Å². The van der Waals surface area contributed by atoms with Crippen molar-refractivity contribution in [3.63, 3.8) is 0 Å². The molecule has 0 aliphatic rings. The average Bonchev–Trinajstić information content (AvgIpc) is 2.43. The van der Waals surface area contributed by atoms with Crippen molar-refractivity contribution in [2.75, 3.05) is 6.61 Å². The zero-order valence-corrected chi connectivity index (χ0v) is 11.1. The lowest BCUT2D eigenvalue weighted by atomic mass is 9.97. The number of ether oxygens (including phenoxy) is 1. The molecule has 0 saturated heterocycles. The van der Waals surface area contributed by atoms with Crippen molar-refractivity contribution < 1.29 is 14.2 Å². The Morgan fingerprint density at radius 2 is 1.79 bits per heavy atom. The highest BCUT2D eigenvalue weighted by Gasteiger charge is 2.10. The zero-order chi connectivity index (χ0) is 13.8. The van der Waals surface area contributed by atoms with Gasteiger partial charge in [-0.2, -0.15) is 0 Å². The molecule has 1 N–H and O–H groups in total. The second-order valence-electron chi connectivity index (χ2n) is 4.27. The van der Waals surface area contributed by atoms with E-state index >= 15 is 0 Å². The summed E-state index contributed by atoms with van der Waals surface area (Å²) in [6, 6.07) is 10.4. The van der Waals surface area contributed by atoms with Gasteiger partial charge in [-0.3, -0.25) is 0 Å². The molecule has 0 aromatic heterocycles. The second-order valence-corrected chi connectivity index (χ2v) is 4.27. The highest BCUT2D eigenvalue weighted by molar-refractivity contribution is 5.69. The molecule has 0 aliphatic heterocycles. The van der Waals surface area contributed by atoms with Gasteiger partial charge in [-0.25, -0.2) is 4.39 Å². The Balaban J connectivity index is 2.43. The molecular formula is C16H17FO2. The third-order valence-corrected chi connectivity index (χ3v) is 3.03. The molecular weight excluding hydrogens is 243 g/mol. The summed E-state index contributed by atoms with van der Waals surface area (Å²) in [5.74, 6) is -0.101. The number of aryl methyl sites for hydroxylation is 1. The van der Waals surface area contributed by atoms with Gasteiger partial charge in [-0.05, 0) is 54.3 Å². The molecule has 0 radical (unpaired) electrons. The Kier molecular flexibility index (Phi) is 4.05. The van der Waals surface area contributed by atoms with Crippen LogP contribution in [0.4, 0.5) is 4.39 Å². The summed E-state index contributed by atoms with van der Waals surface area (Å²) in [7, 11) is 0. The fourth-order valence-electron chi connectivity index (χ4n) is 2.06. The van der Waals surface area contributed by atoms with Gasteiger partial charge in [0.2, 0.25) is 0 Å². The lowest BCUT2D eigenvalue weighted by Crippen LogP contribution is -1.93. The van der Waals surface area contributed by atoms with E-state index in [-0.39, 0.29) is 5.75 Å². The fourth-order valence-corrected chi connectivity index (χ4v) is 2.06. The first kappa shape index (κ1) is 13.4. The Hall–Kier alpha value is -2.03. The quantitative estimate of drug-likeness (QED) is 0.894. The molecule has 0 atom stereocenters. The number of benzene rings is 2. The molecule has 0 fully saturated rings. The van der Waals surface area contributed by atoms with Crippen LogP contribution in [0, 0.1) is 5.82 Å². The van der Waals surface area contributed by atoms with Gasteiger partial charge < -0.3 is 9.84 Å². The summed E-state index contributed by atoms with van der Waals surface area (Å²) < 4.78 is 18.9. The number of halogens is 1. The average molecular weight is 260 g/mol. The van der Waals surface area contributed by atoms with Crippen LogP contribution in [0.2, 0.25) is 0 Å². The van der Waals surface area contributed by atoms with Crippen molar-refractivity contribution in [3.8, 4) is 22.6 Å². The van der Waals surface area contributed by atoms with E-state index in [0.717, 1.165) is 28.9 Å². The SMILES string of the molecule is CCOc1ccc(-c2cc(F)c(O)cc2CC)cc1. The van der Waals surface area contributed by atoms with E-state index in [1.54, 1.807) is 0 Å². The van der Waals surface area contributed by atoms with Crippen molar-refractivity contribution in [2.45, 2.75) is 20.3 Å². The molecule has 0 saturated carbocycles. The van der Waals surface area contributed by atoms with Crippen molar-refractivity contribution in [3.05, 3.63) is 47.8 Å². The molecule has 19 heavy (non-hydrogen) atoms. The first-order valence-electron chi connectivity index (χ1n) is 6.40. The van der Waals surface area contributed by atoms with Crippen LogP contribution in [0.5, 0.6) is 11.5 Å². The first-order valence-corrected chi connectivity index (χ1v) is 6.40. The number of phenolic OH excluding ortho intramolecular Hbond substituents is 1. The van der Waals surface area contributed by atoms with E-state index in [2.05, 4.69) is 0 Å². The minimum absolute atomic E-state index is 0.300. The molecule has 0 amide bonds.